The van der Waals surface area contributed by atoms with Gasteiger partial charge in [-0.25, -0.2) is 4.98 Å². The van der Waals surface area contributed by atoms with E-state index in [9.17, 15) is 0 Å². The average Bonchev–Trinajstić information content (AvgIpc) is 2.75. The lowest BCUT2D eigenvalue weighted by Gasteiger charge is -2.06. The van der Waals surface area contributed by atoms with Crippen LogP contribution in [0.25, 0.3) is 0 Å². The van der Waals surface area contributed by atoms with Crippen LogP contribution in [0.2, 0.25) is 0 Å². The molecule has 0 bridgehead atoms. The van der Waals surface area contributed by atoms with E-state index in [1.54, 1.807) is 17.6 Å². The number of aryl methyl sites for hydroxylation is 1. The number of anilines is 1. The zero-order valence-corrected chi connectivity index (χ0v) is 13.3. The van der Waals surface area contributed by atoms with Crippen molar-refractivity contribution in [3.63, 3.8) is 0 Å². The van der Waals surface area contributed by atoms with E-state index in [1.165, 1.54) is 0 Å². The monoisotopic (exact) mass is 354 g/mol. The van der Waals surface area contributed by atoms with Crippen molar-refractivity contribution in [3.8, 4) is 0 Å². The molecule has 0 atom stereocenters. The van der Waals surface area contributed by atoms with Crippen molar-refractivity contribution >= 4 is 56.5 Å². The van der Waals surface area contributed by atoms with Gasteiger partial charge in [-0.1, -0.05) is 22.0 Å². The van der Waals surface area contributed by atoms with Crippen molar-refractivity contribution in [1.29, 1.82) is 0 Å². The van der Waals surface area contributed by atoms with E-state index in [0.29, 0.717) is 5.11 Å². The summed E-state index contributed by atoms with van der Waals surface area (Å²) in [6, 6.07) is 7.73. The van der Waals surface area contributed by atoms with Gasteiger partial charge in [0.05, 0.1) is 16.9 Å². The number of thiazole rings is 1. The van der Waals surface area contributed by atoms with Crippen LogP contribution in [0, 0.1) is 6.92 Å². The van der Waals surface area contributed by atoms with Gasteiger partial charge >= 0.3 is 0 Å². The maximum Gasteiger partial charge on any atom is 0.191 e. The Hall–Kier alpha value is -1.31. The number of hydrogen-bond donors (Lipinski definition) is 2. The highest BCUT2D eigenvalue weighted by Crippen LogP contribution is 2.15. The third kappa shape index (κ3) is 4.70. The summed E-state index contributed by atoms with van der Waals surface area (Å²) in [5.74, 6) is 0. The van der Waals surface area contributed by atoms with Crippen molar-refractivity contribution in [2.45, 2.75) is 6.92 Å². The number of aromatic nitrogens is 1. The number of hydrazone groups is 1. The van der Waals surface area contributed by atoms with Gasteiger partial charge in [-0.05, 0) is 37.3 Å². The number of thiocarbonyl (C=S) groups is 1. The largest absolute Gasteiger partial charge is 0.331 e. The standard InChI is InChI=1S/C12H11BrN4S2/c1-8-15-11(7-19-8)6-14-17-12(18)16-10-4-2-3-9(13)5-10/h2-7H,1H3,(H2,16,17,18)/b14-6-. The first-order valence-electron chi connectivity index (χ1n) is 5.41. The van der Waals surface area contributed by atoms with E-state index < -0.39 is 0 Å². The van der Waals surface area contributed by atoms with Crippen LogP contribution < -0.4 is 10.7 Å². The smallest absolute Gasteiger partial charge is 0.191 e. The lowest BCUT2D eigenvalue weighted by molar-refractivity contribution is 1.05. The molecule has 0 amide bonds. The summed E-state index contributed by atoms with van der Waals surface area (Å²) in [7, 11) is 0. The maximum atomic E-state index is 5.13. The summed E-state index contributed by atoms with van der Waals surface area (Å²) in [6.45, 7) is 1.95. The molecule has 0 fully saturated rings. The molecule has 2 N–H and O–H groups in total. The van der Waals surface area contributed by atoms with E-state index in [1.807, 2.05) is 36.6 Å². The van der Waals surface area contributed by atoms with E-state index in [4.69, 9.17) is 12.2 Å². The lowest BCUT2D eigenvalue weighted by atomic mass is 10.3. The number of nitrogens with one attached hydrogen (secondary N) is 2. The van der Waals surface area contributed by atoms with E-state index in [2.05, 4.69) is 36.8 Å². The SMILES string of the molecule is Cc1nc(/C=N\NC(=S)Nc2cccc(Br)c2)cs1. The Balaban J connectivity index is 1.86. The van der Waals surface area contributed by atoms with Crippen molar-refractivity contribution in [2.24, 2.45) is 5.10 Å². The first-order chi connectivity index (χ1) is 9.13. The summed E-state index contributed by atoms with van der Waals surface area (Å²) in [4.78, 5) is 4.26. The van der Waals surface area contributed by atoms with Gasteiger partial charge in [-0.3, -0.25) is 5.43 Å². The molecular weight excluding hydrogens is 344 g/mol. The third-order valence-electron chi connectivity index (χ3n) is 2.08. The highest BCUT2D eigenvalue weighted by atomic mass is 79.9. The molecule has 0 aliphatic rings. The molecule has 0 radical (unpaired) electrons. The quantitative estimate of drug-likeness (QED) is 0.502. The number of halogens is 1. The second-order valence-electron chi connectivity index (χ2n) is 3.63. The molecule has 0 unspecified atom stereocenters. The normalized spacial score (nSPS) is 10.6. The van der Waals surface area contributed by atoms with Gasteiger partial charge in [0.15, 0.2) is 5.11 Å². The Bertz CT molecular complexity index is 609. The fraction of sp³-hybridized carbons (Fsp3) is 0.0833. The van der Waals surface area contributed by atoms with Gasteiger partial charge in [0.2, 0.25) is 0 Å². The van der Waals surface area contributed by atoms with Crippen LogP contribution in [0.3, 0.4) is 0 Å². The Morgan fingerprint density at radius 3 is 3.05 bits per heavy atom. The van der Waals surface area contributed by atoms with E-state index in [-0.39, 0.29) is 0 Å². The van der Waals surface area contributed by atoms with Crippen LogP contribution >= 0.6 is 39.5 Å². The van der Waals surface area contributed by atoms with Crippen LogP contribution in [0.15, 0.2) is 39.2 Å². The first kappa shape index (κ1) is 14.1. The third-order valence-corrected chi connectivity index (χ3v) is 3.56. The molecular formula is C12H11BrN4S2. The van der Waals surface area contributed by atoms with Gasteiger partial charge in [0.1, 0.15) is 0 Å². The van der Waals surface area contributed by atoms with Crippen LogP contribution in [0.1, 0.15) is 10.7 Å². The molecule has 0 spiro atoms. The molecule has 0 saturated carbocycles. The van der Waals surface area contributed by atoms with Crippen LogP contribution in [-0.4, -0.2) is 16.3 Å². The Morgan fingerprint density at radius 1 is 1.53 bits per heavy atom. The fourth-order valence-electron chi connectivity index (χ4n) is 1.32. The lowest BCUT2D eigenvalue weighted by Crippen LogP contribution is -2.23. The highest BCUT2D eigenvalue weighted by Gasteiger charge is 1.97. The minimum absolute atomic E-state index is 0.432. The van der Waals surface area contributed by atoms with E-state index >= 15 is 0 Å². The topological polar surface area (TPSA) is 49.3 Å². The molecule has 7 heteroatoms. The highest BCUT2D eigenvalue weighted by molar-refractivity contribution is 9.10. The minimum atomic E-state index is 0.432. The number of rotatable bonds is 3. The zero-order chi connectivity index (χ0) is 13.7. The van der Waals surface area contributed by atoms with Crippen LogP contribution in [0.4, 0.5) is 5.69 Å². The van der Waals surface area contributed by atoms with Crippen molar-refractivity contribution in [2.75, 3.05) is 5.32 Å². The number of benzene rings is 1. The Labute approximate surface area is 129 Å². The summed E-state index contributed by atoms with van der Waals surface area (Å²) in [5.41, 5.74) is 4.46. The minimum Gasteiger partial charge on any atom is -0.331 e. The molecule has 4 nitrogen and oxygen atoms in total. The molecule has 1 heterocycles. The molecule has 0 aliphatic heterocycles. The summed E-state index contributed by atoms with van der Waals surface area (Å²) in [6.07, 6.45) is 1.64. The van der Waals surface area contributed by atoms with Gasteiger partial charge in [0.25, 0.3) is 0 Å². The number of nitrogens with zero attached hydrogens (tertiary/aromatic N) is 2. The van der Waals surface area contributed by atoms with Gasteiger partial charge in [-0.15, -0.1) is 11.3 Å². The van der Waals surface area contributed by atoms with Crippen LogP contribution in [0.5, 0.6) is 0 Å². The van der Waals surface area contributed by atoms with Gasteiger partial charge < -0.3 is 5.32 Å². The zero-order valence-electron chi connectivity index (χ0n) is 10.1. The number of hydrogen-bond acceptors (Lipinski definition) is 4. The van der Waals surface area contributed by atoms with Crippen molar-refractivity contribution < 1.29 is 0 Å². The van der Waals surface area contributed by atoms with Crippen molar-refractivity contribution in [3.05, 3.63) is 44.8 Å². The molecule has 2 rings (SSSR count). The molecule has 98 valence electrons. The second-order valence-corrected chi connectivity index (χ2v) is 6.01. The molecule has 19 heavy (non-hydrogen) atoms. The van der Waals surface area contributed by atoms with Gasteiger partial charge in [0, 0.05) is 15.5 Å². The van der Waals surface area contributed by atoms with E-state index in [0.717, 1.165) is 20.9 Å². The Kier molecular flexibility index (Phi) is 5.00. The fourth-order valence-corrected chi connectivity index (χ4v) is 2.45. The predicted octanol–water partition coefficient (Wildman–Crippen LogP) is 3.53. The summed E-state index contributed by atoms with van der Waals surface area (Å²) >= 11 is 10.1. The molecule has 1 aromatic heterocycles. The summed E-state index contributed by atoms with van der Waals surface area (Å²) < 4.78 is 0.988. The predicted molar refractivity (Wildman–Crippen MR) is 87.9 cm³/mol. The van der Waals surface area contributed by atoms with Gasteiger partial charge in [-0.2, -0.15) is 5.10 Å². The molecule has 0 aliphatic carbocycles. The molecule has 2 aromatic rings. The van der Waals surface area contributed by atoms with Crippen LogP contribution in [-0.2, 0) is 0 Å². The summed E-state index contributed by atoms with van der Waals surface area (Å²) in [5, 5.41) is 10.4. The molecule has 0 saturated heterocycles. The van der Waals surface area contributed by atoms with Crippen molar-refractivity contribution in [1.82, 2.24) is 10.4 Å². The maximum absolute atomic E-state index is 5.13. The Morgan fingerprint density at radius 2 is 2.37 bits per heavy atom. The average molecular weight is 355 g/mol. The molecule has 1 aromatic carbocycles. The first-order valence-corrected chi connectivity index (χ1v) is 7.49. The second kappa shape index (κ2) is 6.74.